The van der Waals surface area contributed by atoms with Crippen molar-refractivity contribution in [3.63, 3.8) is 0 Å². The lowest BCUT2D eigenvalue weighted by Gasteiger charge is -2.26. The minimum absolute atomic E-state index is 0.204. The van der Waals surface area contributed by atoms with E-state index in [2.05, 4.69) is 38.5 Å². The highest BCUT2D eigenvalue weighted by Crippen LogP contribution is 2.41. The molecule has 4 N–H and O–H groups in total. The second-order valence-electron chi connectivity index (χ2n) is 8.32. The van der Waals surface area contributed by atoms with Crippen molar-refractivity contribution < 1.29 is 9.90 Å². The van der Waals surface area contributed by atoms with Crippen LogP contribution in [-0.4, -0.2) is 32.2 Å². The molecule has 0 spiro atoms. The Morgan fingerprint density at radius 1 is 1.17 bits per heavy atom. The van der Waals surface area contributed by atoms with Crippen molar-refractivity contribution in [1.29, 1.82) is 0 Å². The van der Waals surface area contributed by atoms with Crippen LogP contribution >= 0.6 is 15.9 Å². The lowest BCUT2D eigenvalue weighted by atomic mass is 9.80. The number of carboxylic acids is 1. The van der Waals surface area contributed by atoms with Gasteiger partial charge in [0.15, 0.2) is 5.65 Å². The quantitative estimate of drug-likeness (QED) is 0.645. The third-order valence-electron chi connectivity index (χ3n) is 6.42. The molecule has 152 valence electrons. The van der Waals surface area contributed by atoms with Crippen LogP contribution in [-0.2, 0) is 4.79 Å². The van der Waals surface area contributed by atoms with Gasteiger partial charge in [0.1, 0.15) is 5.82 Å². The molecular formula is C21H24BrN5O2. The van der Waals surface area contributed by atoms with Gasteiger partial charge in [-0.25, -0.2) is 4.98 Å². The van der Waals surface area contributed by atoms with Crippen molar-refractivity contribution in [2.75, 3.05) is 12.3 Å². The molecule has 0 radical (unpaired) electrons. The molecule has 2 aromatic heterocycles. The maximum Gasteiger partial charge on any atom is 0.306 e. The number of anilines is 1. The van der Waals surface area contributed by atoms with Crippen LogP contribution in [0.1, 0.15) is 55.7 Å². The van der Waals surface area contributed by atoms with Gasteiger partial charge < -0.3 is 16.2 Å². The number of allylic oxidation sites excluding steroid dienone is 3. The summed E-state index contributed by atoms with van der Waals surface area (Å²) in [6.07, 6.45) is 11.7. The van der Waals surface area contributed by atoms with Gasteiger partial charge >= 0.3 is 5.97 Å². The molecule has 0 aromatic carbocycles. The first kappa shape index (κ1) is 18.7. The Morgan fingerprint density at radius 3 is 2.52 bits per heavy atom. The molecule has 8 heteroatoms. The molecule has 29 heavy (non-hydrogen) atoms. The van der Waals surface area contributed by atoms with Crippen LogP contribution in [0.15, 0.2) is 28.5 Å². The second kappa shape index (κ2) is 7.16. The number of rotatable bonds is 4. The van der Waals surface area contributed by atoms with E-state index in [1.54, 1.807) is 4.52 Å². The molecule has 5 rings (SSSR count). The fourth-order valence-corrected chi connectivity index (χ4v) is 5.07. The highest BCUT2D eigenvalue weighted by atomic mass is 79.9. The Morgan fingerprint density at radius 2 is 1.90 bits per heavy atom. The molecule has 2 aromatic rings. The van der Waals surface area contributed by atoms with E-state index in [0.717, 1.165) is 46.3 Å². The summed E-state index contributed by atoms with van der Waals surface area (Å²) in [4.78, 5) is 16.2. The summed E-state index contributed by atoms with van der Waals surface area (Å²) in [5.41, 5.74) is 11.5. The number of nitrogens with one attached hydrogen (secondary N) is 1. The second-order valence-corrected chi connectivity index (χ2v) is 9.11. The largest absolute Gasteiger partial charge is 0.481 e. The zero-order valence-corrected chi connectivity index (χ0v) is 17.7. The smallest absolute Gasteiger partial charge is 0.306 e. The predicted octanol–water partition coefficient (Wildman–Crippen LogP) is 3.71. The third kappa shape index (κ3) is 3.33. The average Bonchev–Trinajstić information content (AvgIpc) is 3.50. The molecule has 2 fully saturated rings. The number of fused-ring (bicyclic) bond motifs is 1. The van der Waals surface area contributed by atoms with Gasteiger partial charge in [-0.3, -0.25) is 4.79 Å². The number of aromatic nitrogens is 3. The summed E-state index contributed by atoms with van der Waals surface area (Å²) in [6.45, 7) is 0.764. The van der Waals surface area contributed by atoms with Crippen molar-refractivity contribution in [2.45, 2.75) is 44.4 Å². The number of nitrogen functional groups attached to an aromatic ring is 1. The Kier molecular flexibility index (Phi) is 4.61. The molecule has 0 amide bonds. The number of halogens is 1. The number of dihydropyridines is 1. The highest BCUT2D eigenvalue weighted by molar-refractivity contribution is 9.10. The summed E-state index contributed by atoms with van der Waals surface area (Å²) in [5, 5.41) is 17.3. The first-order valence-electron chi connectivity index (χ1n) is 10.2. The topological polar surface area (TPSA) is 106 Å². The molecular weight excluding hydrogens is 434 g/mol. The lowest BCUT2D eigenvalue weighted by molar-refractivity contribution is -0.142. The standard InChI is InChI=1S/C21H24BrN5O2/c22-17-18(12-3-5-13(6-4-12)21(28)29)26-20-15(10-25-27(20)19(17)23)14-7-8-16(24-9-14)11-1-2-11/h7-8,10-13,24H,1-6,9,23H2,(H,28,29)/t12-,13-. The van der Waals surface area contributed by atoms with Crippen LogP contribution in [0.25, 0.3) is 11.2 Å². The van der Waals surface area contributed by atoms with E-state index in [1.807, 2.05) is 6.20 Å². The van der Waals surface area contributed by atoms with Gasteiger partial charge in [0.2, 0.25) is 0 Å². The molecule has 7 nitrogen and oxygen atoms in total. The van der Waals surface area contributed by atoms with E-state index >= 15 is 0 Å². The fraction of sp³-hybridized carbons (Fsp3) is 0.476. The molecule has 0 atom stereocenters. The summed E-state index contributed by atoms with van der Waals surface area (Å²) < 4.78 is 2.46. The minimum Gasteiger partial charge on any atom is -0.481 e. The highest BCUT2D eigenvalue weighted by Gasteiger charge is 2.31. The number of nitrogens with zero attached hydrogens (tertiary/aromatic N) is 3. The lowest BCUT2D eigenvalue weighted by Crippen LogP contribution is -2.22. The van der Waals surface area contributed by atoms with Gasteiger partial charge in [0, 0.05) is 23.7 Å². The Balaban J connectivity index is 1.50. The first-order chi connectivity index (χ1) is 14.0. The van der Waals surface area contributed by atoms with Crippen LogP contribution in [0, 0.1) is 11.8 Å². The van der Waals surface area contributed by atoms with Gasteiger partial charge in [-0.05, 0) is 72.0 Å². The summed E-state index contributed by atoms with van der Waals surface area (Å²) in [6, 6.07) is 0. The molecule has 3 heterocycles. The molecule has 1 aliphatic heterocycles. The number of carboxylic acid groups (broad SMARTS) is 1. The van der Waals surface area contributed by atoms with E-state index in [1.165, 1.54) is 18.5 Å². The molecule has 3 aliphatic rings. The van der Waals surface area contributed by atoms with Crippen LogP contribution in [0.3, 0.4) is 0 Å². The molecule has 2 aliphatic carbocycles. The zero-order valence-electron chi connectivity index (χ0n) is 16.1. The summed E-state index contributed by atoms with van der Waals surface area (Å²) in [7, 11) is 0. The van der Waals surface area contributed by atoms with E-state index in [9.17, 15) is 9.90 Å². The summed E-state index contributed by atoms with van der Waals surface area (Å²) in [5.74, 6) is 0.500. The molecule has 0 unspecified atom stereocenters. The van der Waals surface area contributed by atoms with Gasteiger partial charge in [0.25, 0.3) is 0 Å². The van der Waals surface area contributed by atoms with Crippen LogP contribution in [0.4, 0.5) is 5.82 Å². The van der Waals surface area contributed by atoms with Gasteiger partial charge in [0.05, 0.1) is 22.3 Å². The van der Waals surface area contributed by atoms with Crippen LogP contribution < -0.4 is 11.1 Å². The number of hydrogen-bond acceptors (Lipinski definition) is 5. The molecule has 2 saturated carbocycles. The summed E-state index contributed by atoms with van der Waals surface area (Å²) >= 11 is 3.62. The number of carbonyl (C=O) groups is 1. The van der Waals surface area contributed by atoms with E-state index in [-0.39, 0.29) is 11.8 Å². The number of aliphatic carboxylic acids is 1. The van der Waals surface area contributed by atoms with Crippen molar-refractivity contribution in [1.82, 2.24) is 19.9 Å². The van der Waals surface area contributed by atoms with Crippen molar-refractivity contribution in [2.24, 2.45) is 11.8 Å². The van der Waals surface area contributed by atoms with Crippen molar-refractivity contribution in [3.8, 4) is 0 Å². The number of nitrogens with two attached hydrogens (primary N) is 1. The third-order valence-corrected chi connectivity index (χ3v) is 7.23. The Hall–Kier alpha value is -2.35. The Labute approximate surface area is 177 Å². The SMILES string of the molecule is Nc1c(Br)c([C@H]2CC[C@H](C(=O)O)CC2)nc2c(C3=CC=C(C4CC4)NC3)cnn12. The van der Waals surface area contributed by atoms with Crippen LogP contribution in [0.2, 0.25) is 0 Å². The van der Waals surface area contributed by atoms with E-state index in [4.69, 9.17) is 10.7 Å². The monoisotopic (exact) mass is 457 g/mol. The molecule has 0 saturated heterocycles. The first-order valence-corrected chi connectivity index (χ1v) is 11.0. The van der Waals surface area contributed by atoms with Crippen molar-refractivity contribution >= 4 is 38.9 Å². The predicted molar refractivity (Wildman–Crippen MR) is 114 cm³/mol. The van der Waals surface area contributed by atoms with Gasteiger partial charge in [-0.1, -0.05) is 6.08 Å². The zero-order chi connectivity index (χ0) is 20.1. The van der Waals surface area contributed by atoms with Crippen LogP contribution in [0.5, 0.6) is 0 Å². The fourth-order valence-electron chi connectivity index (χ4n) is 4.49. The van der Waals surface area contributed by atoms with Gasteiger partial charge in [-0.15, -0.1) is 0 Å². The van der Waals surface area contributed by atoms with Crippen molar-refractivity contribution in [3.05, 3.63) is 39.8 Å². The normalized spacial score (nSPS) is 24.7. The average molecular weight is 458 g/mol. The maximum absolute atomic E-state index is 11.3. The number of hydrogen-bond donors (Lipinski definition) is 3. The van der Waals surface area contributed by atoms with E-state index in [0.29, 0.717) is 24.6 Å². The molecule has 0 bridgehead atoms. The minimum atomic E-state index is -0.695. The van der Waals surface area contributed by atoms with E-state index < -0.39 is 5.97 Å². The maximum atomic E-state index is 11.3. The van der Waals surface area contributed by atoms with Gasteiger partial charge in [-0.2, -0.15) is 9.61 Å². The Bertz CT molecular complexity index is 1050.